The lowest BCUT2D eigenvalue weighted by molar-refractivity contribution is -0.384. The maximum absolute atomic E-state index is 10.6. The van der Waals surface area contributed by atoms with E-state index in [0.29, 0.717) is 0 Å². The third kappa shape index (κ3) is 2.80. The zero-order valence-electron chi connectivity index (χ0n) is 9.07. The van der Waals surface area contributed by atoms with Gasteiger partial charge in [-0.3, -0.25) is 10.1 Å². The van der Waals surface area contributed by atoms with Crippen LogP contribution in [0.2, 0.25) is 5.02 Å². The van der Waals surface area contributed by atoms with Gasteiger partial charge in [-0.2, -0.15) is 4.98 Å². The molecule has 2 aromatic rings. The Labute approximate surface area is 110 Å². The van der Waals surface area contributed by atoms with E-state index >= 15 is 0 Å². The highest BCUT2D eigenvalue weighted by Crippen LogP contribution is 2.30. The molecule has 0 atom stereocenters. The number of nitrogens with zero attached hydrogens (tertiary/aromatic N) is 2. The van der Waals surface area contributed by atoms with Crippen molar-refractivity contribution >= 4 is 23.3 Å². The van der Waals surface area contributed by atoms with Crippen LogP contribution in [-0.4, -0.2) is 21.0 Å². The van der Waals surface area contributed by atoms with E-state index in [-0.39, 0.29) is 28.2 Å². The van der Waals surface area contributed by atoms with Gasteiger partial charge in [0.2, 0.25) is 0 Å². The van der Waals surface area contributed by atoms with Gasteiger partial charge in [0, 0.05) is 12.1 Å². The molecule has 1 aromatic heterocycles. The lowest BCUT2D eigenvalue weighted by Crippen LogP contribution is -1.96. The van der Waals surface area contributed by atoms with E-state index in [9.17, 15) is 14.9 Å². The quantitative estimate of drug-likeness (QED) is 0.677. The molecule has 1 N–H and O–H groups in total. The number of rotatable bonds is 4. The van der Waals surface area contributed by atoms with Crippen LogP contribution < -0.4 is 4.74 Å². The van der Waals surface area contributed by atoms with Gasteiger partial charge in [-0.15, -0.1) is 0 Å². The molecule has 0 aliphatic carbocycles. The van der Waals surface area contributed by atoms with E-state index in [1.807, 2.05) is 0 Å². The first-order valence-electron chi connectivity index (χ1n) is 4.78. The Hall–Kier alpha value is -2.61. The van der Waals surface area contributed by atoms with E-state index < -0.39 is 10.9 Å². The van der Waals surface area contributed by atoms with Crippen LogP contribution in [0.1, 0.15) is 10.5 Å². The highest BCUT2D eigenvalue weighted by atomic mass is 35.5. The molecule has 0 amide bonds. The first kappa shape index (κ1) is 12.8. The van der Waals surface area contributed by atoms with Crippen molar-refractivity contribution in [2.45, 2.75) is 0 Å². The number of aromatic nitrogens is 1. The molecule has 1 aromatic carbocycles. The molecule has 0 radical (unpaired) electrons. The zero-order valence-corrected chi connectivity index (χ0v) is 9.83. The number of halogens is 1. The SMILES string of the molecule is O=C(O)c1coc(Oc2ccc([N+](=O)[O-])c(Cl)c2)n1. The van der Waals surface area contributed by atoms with Crippen LogP contribution >= 0.6 is 11.6 Å². The molecule has 2 rings (SSSR count). The Morgan fingerprint density at radius 1 is 1.53 bits per heavy atom. The Kier molecular flexibility index (Phi) is 3.34. The van der Waals surface area contributed by atoms with Crippen LogP contribution in [0, 0.1) is 10.1 Å². The van der Waals surface area contributed by atoms with Crippen LogP contribution in [0.5, 0.6) is 11.8 Å². The number of nitro benzene ring substituents is 1. The molecule has 0 bridgehead atoms. The lowest BCUT2D eigenvalue weighted by atomic mass is 10.3. The predicted octanol–water partition coefficient (Wildman–Crippen LogP) is 2.73. The van der Waals surface area contributed by atoms with E-state index in [2.05, 4.69) is 4.98 Å². The Balaban J connectivity index is 2.21. The number of aromatic carboxylic acids is 1. The molecule has 0 spiro atoms. The van der Waals surface area contributed by atoms with E-state index in [1.165, 1.54) is 12.1 Å². The summed E-state index contributed by atoms with van der Waals surface area (Å²) in [4.78, 5) is 24.0. The molecule has 0 aliphatic heterocycles. The molecular weight excluding hydrogens is 280 g/mol. The standard InChI is InChI=1S/C10H5ClN2O6/c11-6-3-5(1-2-8(6)13(16)17)19-10-12-7(4-18-10)9(14)15/h1-4H,(H,14,15). The van der Waals surface area contributed by atoms with Gasteiger partial charge in [0.05, 0.1) is 4.92 Å². The lowest BCUT2D eigenvalue weighted by Gasteiger charge is -2.01. The number of hydrogen-bond acceptors (Lipinski definition) is 6. The fraction of sp³-hybridized carbons (Fsp3) is 0. The van der Waals surface area contributed by atoms with Crippen molar-refractivity contribution in [3.8, 4) is 11.8 Å². The second-order valence-electron chi connectivity index (χ2n) is 3.28. The number of hydrogen-bond donors (Lipinski definition) is 1. The van der Waals surface area contributed by atoms with Gasteiger partial charge in [0.25, 0.3) is 5.69 Å². The number of nitro groups is 1. The van der Waals surface area contributed by atoms with Gasteiger partial charge in [-0.25, -0.2) is 4.79 Å². The van der Waals surface area contributed by atoms with Crippen molar-refractivity contribution < 1.29 is 24.0 Å². The van der Waals surface area contributed by atoms with Crippen molar-refractivity contribution in [1.29, 1.82) is 0 Å². The first-order valence-corrected chi connectivity index (χ1v) is 5.16. The third-order valence-corrected chi connectivity index (χ3v) is 2.33. The summed E-state index contributed by atoms with van der Waals surface area (Å²) < 4.78 is 9.83. The molecule has 9 heteroatoms. The first-order chi connectivity index (χ1) is 8.97. The second kappa shape index (κ2) is 4.94. The number of carboxylic acids is 1. The van der Waals surface area contributed by atoms with Crippen molar-refractivity contribution in [1.82, 2.24) is 4.98 Å². The van der Waals surface area contributed by atoms with Crippen LogP contribution in [0.4, 0.5) is 5.69 Å². The summed E-state index contributed by atoms with van der Waals surface area (Å²) in [5, 5.41) is 19.1. The number of benzene rings is 1. The van der Waals surface area contributed by atoms with Crippen molar-refractivity contribution in [2.24, 2.45) is 0 Å². The summed E-state index contributed by atoms with van der Waals surface area (Å²) >= 11 is 5.68. The summed E-state index contributed by atoms with van der Waals surface area (Å²) in [7, 11) is 0. The normalized spacial score (nSPS) is 10.2. The minimum Gasteiger partial charge on any atom is -0.476 e. The highest BCUT2D eigenvalue weighted by Gasteiger charge is 2.15. The molecular formula is C10H5ClN2O6. The molecule has 19 heavy (non-hydrogen) atoms. The maximum Gasteiger partial charge on any atom is 0.399 e. The summed E-state index contributed by atoms with van der Waals surface area (Å²) in [5.41, 5.74) is -0.587. The van der Waals surface area contributed by atoms with Crippen LogP contribution in [0.3, 0.4) is 0 Å². The number of carbonyl (C=O) groups is 1. The monoisotopic (exact) mass is 284 g/mol. The topological polar surface area (TPSA) is 116 Å². The summed E-state index contributed by atoms with van der Waals surface area (Å²) in [5.74, 6) is -1.13. The Bertz CT molecular complexity index is 653. The number of carboxylic acid groups (broad SMARTS) is 1. The van der Waals surface area contributed by atoms with E-state index in [1.54, 1.807) is 0 Å². The fourth-order valence-corrected chi connectivity index (χ4v) is 1.44. The van der Waals surface area contributed by atoms with Gasteiger partial charge in [0.1, 0.15) is 17.0 Å². The second-order valence-corrected chi connectivity index (χ2v) is 3.68. The summed E-state index contributed by atoms with van der Waals surface area (Å²) in [6, 6.07) is 3.64. The van der Waals surface area contributed by atoms with Crippen molar-refractivity contribution in [2.75, 3.05) is 0 Å². The smallest absolute Gasteiger partial charge is 0.399 e. The molecule has 1 heterocycles. The molecule has 8 nitrogen and oxygen atoms in total. The molecule has 0 saturated heterocycles. The molecule has 0 fully saturated rings. The highest BCUT2D eigenvalue weighted by molar-refractivity contribution is 6.32. The van der Waals surface area contributed by atoms with Crippen LogP contribution in [-0.2, 0) is 0 Å². The molecule has 0 saturated carbocycles. The number of oxazole rings is 1. The average molecular weight is 285 g/mol. The molecule has 0 aliphatic rings. The largest absolute Gasteiger partial charge is 0.476 e. The summed E-state index contributed by atoms with van der Waals surface area (Å²) in [6.07, 6.45) is 0.604. The Morgan fingerprint density at radius 2 is 2.26 bits per heavy atom. The van der Waals surface area contributed by atoms with E-state index in [4.69, 9.17) is 25.9 Å². The van der Waals surface area contributed by atoms with Crippen LogP contribution in [0.15, 0.2) is 28.9 Å². The van der Waals surface area contributed by atoms with Gasteiger partial charge >= 0.3 is 12.0 Å². The minimum atomic E-state index is -1.26. The zero-order chi connectivity index (χ0) is 14.0. The van der Waals surface area contributed by atoms with Crippen LogP contribution in [0.25, 0.3) is 0 Å². The fourth-order valence-electron chi connectivity index (χ4n) is 1.20. The summed E-state index contributed by atoms with van der Waals surface area (Å²) in [6.45, 7) is 0. The van der Waals surface area contributed by atoms with Crippen molar-refractivity contribution in [3.05, 3.63) is 45.3 Å². The van der Waals surface area contributed by atoms with Crippen molar-refractivity contribution in [3.63, 3.8) is 0 Å². The molecule has 0 unspecified atom stereocenters. The van der Waals surface area contributed by atoms with Gasteiger partial charge in [-0.1, -0.05) is 11.6 Å². The molecule has 98 valence electrons. The van der Waals surface area contributed by atoms with E-state index in [0.717, 1.165) is 12.3 Å². The predicted molar refractivity (Wildman–Crippen MR) is 61.6 cm³/mol. The number of ether oxygens (including phenoxy) is 1. The van der Waals surface area contributed by atoms with Gasteiger partial charge in [0.15, 0.2) is 5.69 Å². The third-order valence-electron chi connectivity index (χ3n) is 2.02. The maximum atomic E-state index is 10.6. The Morgan fingerprint density at radius 3 is 2.79 bits per heavy atom. The average Bonchev–Trinajstić information content (AvgIpc) is 2.77. The minimum absolute atomic E-state index is 0.118. The van der Waals surface area contributed by atoms with Gasteiger partial charge in [-0.05, 0) is 6.07 Å². The van der Waals surface area contributed by atoms with Gasteiger partial charge < -0.3 is 14.3 Å².